The minimum Gasteiger partial charge on any atom is -0.483 e. The highest BCUT2D eigenvalue weighted by Crippen LogP contribution is 2.33. The molecule has 0 radical (unpaired) electrons. The molecule has 0 unspecified atom stereocenters. The maximum atomic E-state index is 11.5. The molecular weight excluding hydrogens is 384 g/mol. The summed E-state index contributed by atoms with van der Waals surface area (Å²) >= 11 is 0. The van der Waals surface area contributed by atoms with E-state index in [2.05, 4.69) is 9.97 Å². The zero-order chi connectivity index (χ0) is 20.1. The molecule has 3 aromatic rings. The Balaban J connectivity index is 1.87. The summed E-state index contributed by atoms with van der Waals surface area (Å²) in [4.78, 5) is 7.09. The van der Waals surface area contributed by atoms with Gasteiger partial charge in [0.25, 0.3) is 0 Å². The van der Waals surface area contributed by atoms with Gasteiger partial charge in [0, 0.05) is 38.1 Å². The highest BCUT2D eigenvalue weighted by molar-refractivity contribution is 7.90. The molecule has 2 heterocycles. The monoisotopic (exact) mass is 406 g/mol. The standard InChI is InChI=1S/C19H22N2O6S/c1-24-11-16(12-25-2)27-17-9-15(8-13-6-7-20-19(13)17)26-14-4-5-18(21-10-14)28(3,22)23/h4-10,16,20H,11-12H2,1-3H3. The topological polar surface area (TPSA) is 99.7 Å². The van der Waals surface area contributed by atoms with Crippen molar-refractivity contribution < 1.29 is 27.4 Å². The molecule has 150 valence electrons. The molecule has 0 spiro atoms. The van der Waals surface area contributed by atoms with Crippen molar-refractivity contribution in [3.63, 3.8) is 0 Å². The lowest BCUT2D eigenvalue weighted by Gasteiger charge is -2.19. The van der Waals surface area contributed by atoms with Crippen LogP contribution in [0.15, 0.2) is 47.8 Å². The molecule has 9 heteroatoms. The van der Waals surface area contributed by atoms with Crippen LogP contribution in [0.2, 0.25) is 0 Å². The van der Waals surface area contributed by atoms with Crippen LogP contribution in [0.25, 0.3) is 10.9 Å². The highest BCUT2D eigenvalue weighted by Gasteiger charge is 2.15. The summed E-state index contributed by atoms with van der Waals surface area (Å²) in [5.74, 6) is 1.54. The lowest BCUT2D eigenvalue weighted by molar-refractivity contribution is 0.0251. The first kappa shape index (κ1) is 20.1. The van der Waals surface area contributed by atoms with Gasteiger partial charge in [0.15, 0.2) is 14.9 Å². The molecule has 28 heavy (non-hydrogen) atoms. The van der Waals surface area contributed by atoms with E-state index in [1.165, 1.54) is 12.3 Å². The maximum absolute atomic E-state index is 11.5. The van der Waals surface area contributed by atoms with Crippen molar-refractivity contribution in [1.29, 1.82) is 0 Å². The lowest BCUT2D eigenvalue weighted by Crippen LogP contribution is -2.27. The zero-order valence-electron chi connectivity index (χ0n) is 15.8. The van der Waals surface area contributed by atoms with Crippen molar-refractivity contribution in [3.05, 3.63) is 42.7 Å². The number of benzene rings is 1. The van der Waals surface area contributed by atoms with E-state index in [0.717, 1.165) is 17.2 Å². The Morgan fingerprint density at radius 2 is 1.82 bits per heavy atom. The van der Waals surface area contributed by atoms with Crippen molar-refractivity contribution in [1.82, 2.24) is 9.97 Å². The minimum atomic E-state index is -3.36. The Morgan fingerprint density at radius 3 is 2.43 bits per heavy atom. The van der Waals surface area contributed by atoms with Gasteiger partial charge in [0.05, 0.1) is 24.9 Å². The molecule has 0 aliphatic heterocycles. The van der Waals surface area contributed by atoms with Gasteiger partial charge in [-0.2, -0.15) is 0 Å². The van der Waals surface area contributed by atoms with E-state index in [4.69, 9.17) is 18.9 Å². The molecule has 0 atom stereocenters. The first-order valence-corrected chi connectivity index (χ1v) is 10.4. The van der Waals surface area contributed by atoms with Gasteiger partial charge in [-0.15, -0.1) is 0 Å². The van der Waals surface area contributed by atoms with Crippen molar-refractivity contribution >= 4 is 20.7 Å². The van der Waals surface area contributed by atoms with Crippen molar-refractivity contribution in [3.8, 4) is 17.2 Å². The SMILES string of the molecule is COCC(COC)Oc1cc(Oc2ccc(S(C)(=O)=O)nc2)cc2cc[nH]c12. The number of nitrogens with zero attached hydrogens (tertiary/aromatic N) is 1. The molecule has 0 amide bonds. The largest absolute Gasteiger partial charge is 0.483 e. The van der Waals surface area contributed by atoms with Crippen LogP contribution in [0, 0.1) is 0 Å². The summed E-state index contributed by atoms with van der Waals surface area (Å²) in [5, 5.41) is 0.897. The van der Waals surface area contributed by atoms with Crippen molar-refractivity contribution in [2.45, 2.75) is 11.1 Å². The third-order valence-electron chi connectivity index (χ3n) is 3.92. The highest BCUT2D eigenvalue weighted by atomic mass is 32.2. The second-order valence-corrected chi connectivity index (χ2v) is 8.18. The average Bonchev–Trinajstić information content (AvgIpc) is 3.11. The third kappa shape index (κ3) is 4.80. The molecule has 8 nitrogen and oxygen atoms in total. The van der Waals surface area contributed by atoms with Gasteiger partial charge in [0.1, 0.15) is 23.4 Å². The van der Waals surface area contributed by atoms with Crippen LogP contribution in [0.1, 0.15) is 0 Å². The van der Waals surface area contributed by atoms with Gasteiger partial charge in [-0.3, -0.25) is 0 Å². The van der Waals surface area contributed by atoms with E-state index in [9.17, 15) is 8.42 Å². The van der Waals surface area contributed by atoms with Gasteiger partial charge in [-0.05, 0) is 24.3 Å². The number of rotatable bonds is 9. The van der Waals surface area contributed by atoms with E-state index in [-0.39, 0.29) is 11.1 Å². The number of sulfone groups is 1. The van der Waals surface area contributed by atoms with E-state index in [1.807, 2.05) is 18.3 Å². The van der Waals surface area contributed by atoms with Gasteiger partial charge in [0.2, 0.25) is 0 Å². The van der Waals surface area contributed by atoms with Crippen LogP contribution < -0.4 is 9.47 Å². The molecule has 0 bridgehead atoms. The van der Waals surface area contributed by atoms with Gasteiger partial charge < -0.3 is 23.9 Å². The van der Waals surface area contributed by atoms with Crippen LogP contribution in [-0.2, 0) is 19.3 Å². The summed E-state index contributed by atoms with van der Waals surface area (Å²) in [7, 11) is -0.159. The van der Waals surface area contributed by atoms with Crippen molar-refractivity contribution in [2.24, 2.45) is 0 Å². The fourth-order valence-corrected chi connectivity index (χ4v) is 3.27. The molecule has 0 aliphatic carbocycles. The number of nitrogens with one attached hydrogen (secondary N) is 1. The second kappa shape index (κ2) is 8.59. The van der Waals surface area contributed by atoms with E-state index >= 15 is 0 Å². The molecule has 1 N–H and O–H groups in total. The van der Waals surface area contributed by atoms with Gasteiger partial charge in [-0.1, -0.05) is 0 Å². The smallest absolute Gasteiger partial charge is 0.192 e. The number of aromatic nitrogens is 2. The Labute approximate surface area is 163 Å². The third-order valence-corrected chi connectivity index (χ3v) is 4.92. The van der Waals surface area contributed by atoms with Crippen LogP contribution in [0.3, 0.4) is 0 Å². The summed E-state index contributed by atoms with van der Waals surface area (Å²) in [6, 6.07) is 8.47. The molecule has 0 fully saturated rings. The summed E-state index contributed by atoms with van der Waals surface area (Å²) in [6.07, 6.45) is 4.00. The van der Waals surface area contributed by atoms with Crippen LogP contribution in [-0.4, -0.2) is 58.2 Å². The molecule has 0 saturated heterocycles. The summed E-state index contributed by atoms with van der Waals surface area (Å²) in [6.45, 7) is 0.746. The number of hydrogen-bond acceptors (Lipinski definition) is 7. The number of H-pyrrole nitrogens is 1. The van der Waals surface area contributed by atoms with Crippen molar-refractivity contribution in [2.75, 3.05) is 33.7 Å². The van der Waals surface area contributed by atoms with Crippen LogP contribution >= 0.6 is 0 Å². The van der Waals surface area contributed by atoms with E-state index in [1.54, 1.807) is 26.4 Å². The van der Waals surface area contributed by atoms with Crippen LogP contribution in [0.5, 0.6) is 17.2 Å². The Hall–Kier alpha value is -2.62. The average molecular weight is 406 g/mol. The minimum absolute atomic E-state index is 0.00747. The molecular formula is C19H22N2O6S. The predicted molar refractivity (Wildman–Crippen MR) is 104 cm³/mol. The second-order valence-electron chi connectivity index (χ2n) is 6.22. The maximum Gasteiger partial charge on any atom is 0.192 e. The molecule has 3 rings (SSSR count). The molecule has 1 aromatic carbocycles. The molecule has 0 aliphatic rings. The number of pyridine rings is 1. The van der Waals surface area contributed by atoms with Crippen LogP contribution in [0.4, 0.5) is 0 Å². The Kier molecular flexibility index (Phi) is 6.18. The quantitative estimate of drug-likeness (QED) is 0.583. The number of aromatic amines is 1. The van der Waals surface area contributed by atoms with Gasteiger partial charge in [-0.25, -0.2) is 13.4 Å². The summed E-state index contributed by atoms with van der Waals surface area (Å²) < 4.78 is 45.3. The Bertz CT molecular complexity index is 1020. The van der Waals surface area contributed by atoms with E-state index in [0.29, 0.717) is 30.5 Å². The van der Waals surface area contributed by atoms with Gasteiger partial charge >= 0.3 is 0 Å². The normalized spacial score (nSPS) is 11.9. The lowest BCUT2D eigenvalue weighted by atomic mass is 10.2. The first-order chi connectivity index (χ1) is 13.4. The first-order valence-electron chi connectivity index (χ1n) is 8.50. The molecule has 0 saturated carbocycles. The fourth-order valence-electron chi connectivity index (χ4n) is 2.71. The van der Waals surface area contributed by atoms with E-state index < -0.39 is 9.84 Å². The summed E-state index contributed by atoms with van der Waals surface area (Å²) in [5.41, 5.74) is 0.829. The number of methoxy groups -OCH3 is 2. The fraction of sp³-hybridized carbons (Fsp3) is 0.316. The zero-order valence-corrected chi connectivity index (χ0v) is 16.7. The number of fused-ring (bicyclic) bond motifs is 1. The number of hydrogen-bond donors (Lipinski definition) is 1. The predicted octanol–water partition coefficient (Wildman–Crippen LogP) is 2.80. The number of ether oxygens (including phenoxy) is 4. The Morgan fingerprint density at radius 1 is 1.07 bits per heavy atom. The molecule has 2 aromatic heterocycles.